The second-order valence-electron chi connectivity index (χ2n) is 5.88. The summed E-state index contributed by atoms with van der Waals surface area (Å²) in [7, 11) is 0. The minimum absolute atomic E-state index is 0.159. The van der Waals surface area contributed by atoms with Gasteiger partial charge in [-0.1, -0.05) is 11.6 Å². The number of hydrogen-bond acceptors (Lipinski definition) is 7. The minimum Gasteiger partial charge on any atom is -0.451 e. The Labute approximate surface area is 161 Å². The number of benzene rings is 1. The Balaban J connectivity index is 1.94. The molecule has 1 N–H and O–H groups in total. The number of halogens is 1. The summed E-state index contributed by atoms with van der Waals surface area (Å²) in [6.45, 7) is 5.25. The number of ether oxygens (including phenoxy) is 1. The molecule has 3 aromatic rings. The van der Waals surface area contributed by atoms with E-state index in [0.717, 1.165) is 16.5 Å². The second kappa shape index (κ2) is 7.09. The van der Waals surface area contributed by atoms with E-state index in [1.807, 2.05) is 13.8 Å². The number of nitrogens with one attached hydrogen (secondary N) is 1. The van der Waals surface area contributed by atoms with Gasteiger partial charge in [-0.15, -0.1) is 11.3 Å². The summed E-state index contributed by atoms with van der Waals surface area (Å²) in [4.78, 5) is 43.7. The SMILES string of the molecule is Cc1sc2nc([C@H](C)OC(=O)c3cc(Cl)ccc3[N+](=O)[O-])[nH]c(=O)c2c1C. The number of carbonyl (C=O) groups is 1. The molecule has 0 spiro atoms. The number of aromatic nitrogens is 2. The van der Waals surface area contributed by atoms with E-state index in [4.69, 9.17) is 16.3 Å². The van der Waals surface area contributed by atoms with E-state index in [0.29, 0.717) is 10.2 Å². The summed E-state index contributed by atoms with van der Waals surface area (Å²) in [5.74, 6) is -0.773. The van der Waals surface area contributed by atoms with Crippen molar-refractivity contribution in [2.24, 2.45) is 0 Å². The molecule has 1 aromatic carbocycles. The molecular weight excluding hydrogens is 394 g/mol. The standard InChI is InChI=1S/C17H14ClN3O5S/c1-7-9(3)27-16-13(7)15(22)19-14(20-16)8(2)26-17(23)11-6-10(18)4-5-12(11)21(24)25/h4-6,8H,1-3H3,(H,19,20,22)/t8-/m0/s1. The molecule has 0 amide bonds. The molecule has 0 bridgehead atoms. The summed E-state index contributed by atoms with van der Waals surface area (Å²) >= 11 is 7.20. The molecule has 0 unspecified atom stereocenters. The van der Waals surface area contributed by atoms with Crippen LogP contribution in [0.1, 0.15) is 39.7 Å². The van der Waals surface area contributed by atoms with Gasteiger partial charge in [0.1, 0.15) is 10.4 Å². The van der Waals surface area contributed by atoms with Gasteiger partial charge in [-0.25, -0.2) is 9.78 Å². The molecule has 27 heavy (non-hydrogen) atoms. The largest absolute Gasteiger partial charge is 0.451 e. The van der Waals surface area contributed by atoms with Crippen molar-refractivity contribution in [3.05, 3.63) is 65.5 Å². The Morgan fingerprint density at radius 1 is 1.41 bits per heavy atom. The number of fused-ring (bicyclic) bond motifs is 1. The predicted molar refractivity (Wildman–Crippen MR) is 102 cm³/mol. The lowest BCUT2D eigenvalue weighted by atomic mass is 10.2. The molecule has 140 valence electrons. The summed E-state index contributed by atoms with van der Waals surface area (Å²) in [6, 6.07) is 3.61. The molecule has 3 rings (SSSR count). The van der Waals surface area contributed by atoms with Gasteiger partial charge in [0.05, 0.1) is 10.3 Å². The predicted octanol–water partition coefficient (Wildman–Crippen LogP) is 4.08. The van der Waals surface area contributed by atoms with Crippen LogP contribution in [0.25, 0.3) is 10.2 Å². The minimum atomic E-state index is -0.932. The van der Waals surface area contributed by atoms with Gasteiger partial charge in [0.2, 0.25) is 0 Å². The smallest absolute Gasteiger partial charge is 0.345 e. The van der Waals surface area contributed by atoms with Crippen LogP contribution in [0.3, 0.4) is 0 Å². The highest BCUT2D eigenvalue weighted by Gasteiger charge is 2.25. The number of carbonyl (C=O) groups excluding carboxylic acids is 1. The Bertz CT molecular complexity index is 1140. The third kappa shape index (κ3) is 3.56. The molecule has 0 fully saturated rings. The summed E-state index contributed by atoms with van der Waals surface area (Å²) < 4.78 is 5.28. The van der Waals surface area contributed by atoms with E-state index >= 15 is 0 Å². The molecule has 0 aliphatic heterocycles. The molecule has 0 saturated carbocycles. The average molecular weight is 408 g/mol. The van der Waals surface area contributed by atoms with Crippen LogP contribution in [-0.4, -0.2) is 20.9 Å². The van der Waals surface area contributed by atoms with E-state index in [-0.39, 0.29) is 22.0 Å². The number of nitro groups is 1. The van der Waals surface area contributed by atoms with Crippen LogP contribution in [0, 0.1) is 24.0 Å². The number of aromatic amines is 1. The van der Waals surface area contributed by atoms with Crippen molar-refractivity contribution in [1.82, 2.24) is 9.97 Å². The first kappa shape index (κ1) is 19.0. The number of thiophene rings is 1. The molecule has 2 heterocycles. The number of aryl methyl sites for hydroxylation is 2. The molecular formula is C17H14ClN3O5S. The van der Waals surface area contributed by atoms with Gasteiger partial charge in [-0.2, -0.15) is 0 Å². The lowest BCUT2D eigenvalue weighted by molar-refractivity contribution is -0.385. The van der Waals surface area contributed by atoms with Crippen molar-refractivity contribution in [1.29, 1.82) is 0 Å². The lowest BCUT2D eigenvalue weighted by Gasteiger charge is -2.13. The first-order chi connectivity index (χ1) is 12.7. The van der Waals surface area contributed by atoms with Crippen molar-refractivity contribution in [2.45, 2.75) is 26.9 Å². The fraction of sp³-hybridized carbons (Fsp3) is 0.235. The number of rotatable bonds is 4. The van der Waals surface area contributed by atoms with E-state index in [1.165, 1.54) is 30.4 Å². The maximum absolute atomic E-state index is 12.4. The molecule has 0 radical (unpaired) electrons. The van der Waals surface area contributed by atoms with Crippen LogP contribution in [0.15, 0.2) is 23.0 Å². The van der Waals surface area contributed by atoms with Crippen molar-refractivity contribution < 1.29 is 14.5 Å². The Hall–Kier alpha value is -2.78. The van der Waals surface area contributed by atoms with Crippen molar-refractivity contribution >= 4 is 44.8 Å². The maximum Gasteiger partial charge on any atom is 0.345 e. The summed E-state index contributed by atoms with van der Waals surface area (Å²) in [6.07, 6.45) is -0.920. The maximum atomic E-state index is 12.4. The number of nitrogens with zero attached hydrogens (tertiary/aromatic N) is 2. The van der Waals surface area contributed by atoms with Gasteiger partial charge in [-0.3, -0.25) is 14.9 Å². The van der Waals surface area contributed by atoms with Crippen LogP contribution in [-0.2, 0) is 4.74 Å². The van der Waals surface area contributed by atoms with Gasteiger partial charge >= 0.3 is 5.97 Å². The Kier molecular flexibility index (Phi) is 4.99. The van der Waals surface area contributed by atoms with E-state index < -0.39 is 22.7 Å². The average Bonchev–Trinajstić information content (AvgIpc) is 2.89. The van der Waals surface area contributed by atoms with Gasteiger partial charge in [0.15, 0.2) is 11.9 Å². The summed E-state index contributed by atoms with van der Waals surface area (Å²) in [5, 5.41) is 11.8. The van der Waals surface area contributed by atoms with E-state index in [1.54, 1.807) is 0 Å². The molecule has 1 atom stereocenters. The third-order valence-electron chi connectivity index (χ3n) is 4.10. The Morgan fingerprint density at radius 2 is 2.11 bits per heavy atom. The van der Waals surface area contributed by atoms with E-state index in [2.05, 4.69) is 9.97 Å². The molecule has 0 saturated heterocycles. The zero-order chi connectivity index (χ0) is 19.9. The molecule has 0 aliphatic carbocycles. The molecule has 0 aliphatic rings. The van der Waals surface area contributed by atoms with Crippen molar-refractivity contribution in [3.63, 3.8) is 0 Å². The molecule has 2 aromatic heterocycles. The number of esters is 1. The van der Waals surface area contributed by atoms with Gasteiger partial charge in [0.25, 0.3) is 11.2 Å². The first-order valence-corrected chi connectivity index (χ1v) is 9.03. The monoisotopic (exact) mass is 407 g/mol. The quantitative estimate of drug-likeness (QED) is 0.395. The molecule has 10 heteroatoms. The summed E-state index contributed by atoms with van der Waals surface area (Å²) in [5.41, 5.74) is -0.161. The second-order valence-corrected chi connectivity index (χ2v) is 7.52. The fourth-order valence-corrected chi connectivity index (χ4v) is 3.78. The van der Waals surface area contributed by atoms with E-state index in [9.17, 15) is 19.7 Å². The van der Waals surface area contributed by atoms with Crippen LogP contribution < -0.4 is 5.56 Å². The zero-order valence-corrected chi connectivity index (χ0v) is 16.1. The Morgan fingerprint density at radius 3 is 2.78 bits per heavy atom. The first-order valence-electron chi connectivity index (χ1n) is 7.84. The third-order valence-corrected chi connectivity index (χ3v) is 5.44. The number of nitro benzene ring substituents is 1. The fourth-order valence-electron chi connectivity index (χ4n) is 2.57. The van der Waals surface area contributed by atoms with Crippen molar-refractivity contribution in [3.8, 4) is 0 Å². The number of hydrogen-bond donors (Lipinski definition) is 1. The topological polar surface area (TPSA) is 115 Å². The highest BCUT2D eigenvalue weighted by atomic mass is 35.5. The van der Waals surface area contributed by atoms with Crippen LogP contribution in [0.2, 0.25) is 5.02 Å². The van der Waals surface area contributed by atoms with Gasteiger partial charge < -0.3 is 9.72 Å². The zero-order valence-electron chi connectivity index (χ0n) is 14.5. The number of H-pyrrole nitrogens is 1. The highest BCUT2D eigenvalue weighted by molar-refractivity contribution is 7.18. The lowest BCUT2D eigenvalue weighted by Crippen LogP contribution is -2.17. The normalized spacial score (nSPS) is 12.1. The van der Waals surface area contributed by atoms with Gasteiger partial charge in [0, 0.05) is 16.0 Å². The van der Waals surface area contributed by atoms with Crippen molar-refractivity contribution in [2.75, 3.05) is 0 Å². The highest BCUT2D eigenvalue weighted by Crippen LogP contribution is 2.28. The molecule has 8 nitrogen and oxygen atoms in total. The van der Waals surface area contributed by atoms with Crippen LogP contribution >= 0.6 is 22.9 Å². The van der Waals surface area contributed by atoms with Gasteiger partial charge in [-0.05, 0) is 38.5 Å². The van der Waals surface area contributed by atoms with Crippen LogP contribution in [0.5, 0.6) is 0 Å². The van der Waals surface area contributed by atoms with Crippen LogP contribution in [0.4, 0.5) is 5.69 Å².